The van der Waals surface area contributed by atoms with Crippen molar-refractivity contribution < 1.29 is 9.53 Å². The van der Waals surface area contributed by atoms with Crippen molar-refractivity contribution in [1.82, 2.24) is 4.90 Å². The lowest BCUT2D eigenvalue weighted by Crippen LogP contribution is -2.34. The number of methoxy groups -OCH3 is 1. The summed E-state index contributed by atoms with van der Waals surface area (Å²) in [4.78, 5) is 16.3. The molecule has 1 fully saturated rings. The highest BCUT2D eigenvalue weighted by Gasteiger charge is 2.34. The Morgan fingerprint density at radius 1 is 1.60 bits per heavy atom. The molecule has 0 bridgehead atoms. The van der Waals surface area contributed by atoms with Crippen LogP contribution in [0.4, 0.5) is 0 Å². The van der Waals surface area contributed by atoms with Crippen LogP contribution in [0.1, 0.15) is 27.9 Å². The fourth-order valence-electron chi connectivity index (χ4n) is 2.55. The maximum Gasteiger partial charge on any atom is 0.268 e. The fourth-order valence-corrected chi connectivity index (χ4v) is 4.26. The van der Waals surface area contributed by atoms with Crippen molar-refractivity contribution in [3.63, 3.8) is 0 Å². The van der Waals surface area contributed by atoms with Crippen LogP contribution < -0.4 is 10.5 Å². The van der Waals surface area contributed by atoms with E-state index in [1.807, 2.05) is 11.8 Å². The Labute approximate surface area is 138 Å². The second-order valence-electron chi connectivity index (χ2n) is 4.98. The minimum absolute atomic E-state index is 0. The van der Waals surface area contributed by atoms with Gasteiger partial charge in [0.05, 0.1) is 11.6 Å². The molecule has 2 heterocycles. The first kappa shape index (κ1) is 17.8. The third-order valence-electron chi connectivity index (χ3n) is 3.62. The topological polar surface area (TPSA) is 55.6 Å². The van der Waals surface area contributed by atoms with Gasteiger partial charge in [-0.2, -0.15) is 0 Å². The van der Waals surface area contributed by atoms with Gasteiger partial charge in [-0.25, -0.2) is 0 Å². The van der Waals surface area contributed by atoms with Crippen molar-refractivity contribution in [2.45, 2.75) is 26.3 Å². The van der Waals surface area contributed by atoms with Gasteiger partial charge in [-0.15, -0.1) is 23.7 Å². The molecule has 1 aliphatic rings. The third-order valence-corrected chi connectivity index (χ3v) is 5.92. The van der Waals surface area contributed by atoms with E-state index in [0.717, 1.165) is 22.3 Å². The predicted octanol–water partition coefficient (Wildman–Crippen LogP) is 3.06. The van der Waals surface area contributed by atoms with E-state index in [1.54, 1.807) is 7.11 Å². The zero-order valence-electron chi connectivity index (χ0n) is 11.8. The zero-order valence-corrected chi connectivity index (χ0v) is 15.0. The zero-order chi connectivity index (χ0) is 14.2. The minimum atomic E-state index is 0. The summed E-state index contributed by atoms with van der Waals surface area (Å²) in [7, 11) is 1.60. The van der Waals surface area contributed by atoms with Gasteiger partial charge in [-0.3, -0.25) is 4.79 Å². The van der Waals surface area contributed by atoms with Gasteiger partial charge >= 0.3 is 0 Å². The lowest BCUT2D eigenvalue weighted by molar-refractivity contribution is 0.0745. The van der Waals surface area contributed by atoms with Gasteiger partial charge in [-0.05, 0) is 48.7 Å². The largest absolute Gasteiger partial charge is 0.494 e. The number of rotatable bonds is 3. The molecule has 20 heavy (non-hydrogen) atoms. The van der Waals surface area contributed by atoms with E-state index in [4.69, 9.17) is 10.5 Å². The van der Waals surface area contributed by atoms with Crippen LogP contribution >= 0.6 is 39.7 Å². The Balaban J connectivity index is 0.00000200. The average molecular weight is 384 g/mol. The van der Waals surface area contributed by atoms with Crippen LogP contribution in [-0.4, -0.2) is 37.0 Å². The van der Waals surface area contributed by atoms with E-state index in [1.165, 1.54) is 11.3 Å². The molecule has 2 atom stereocenters. The molecular formula is C13H20BrClN2O2S. The van der Waals surface area contributed by atoms with E-state index in [9.17, 15) is 4.79 Å². The van der Waals surface area contributed by atoms with Gasteiger partial charge in [0, 0.05) is 17.5 Å². The standard InChI is InChI=1S/C13H19BrN2O2S.ClH/c1-7-4-9(5-15)6-16(7)13(17)12-11(18-3)10(14)8(2)19-12;/h7,9H,4-6,15H2,1-3H3;1H. The summed E-state index contributed by atoms with van der Waals surface area (Å²) in [6.45, 7) is 5.44. The van der Waals surface area contributed by atoms with Crippen LogP contribution in [0.2, 0.25) is 0 Å². The number of nitrogens with zero attached hydrogens (tertiary/aromatic N) is 1. The number of amides is 1. The lowest BCUT2D eigenvalue weighted by Gasteiger charge is -2.21. The molecule has 7 heteroatoms. The van der Waals surface area contributed by atoms with E-state index in [-0.39, 0.29) is 24.4 Å². The molecule has 0 aromatic carbocycles. The van der Waals surface area contributed by atoms with Gasteiger partial charge in [0.25, 0.3) is 5.91 Å². The molecule has 1 saturated heterocycles. The Bertz CT molecular complexity index is 495. The fraction of sp³-hybridized carbons (Fsp3) is 0.615. The summed E-state index contributed by atoms with van der Waals surface area (Å²) in [5.41, 5.74) is 5.71. The molecule has 0 aliphatic carbocycles. The number of nitrogens with two attached hydrogens (primary N) is 1. The number of hydrogen-bond acceptors (Lipinski definition) is 4. The van der Waals surface area contributed by atoms with Crippen LogP contribution in [0.25, 0.3) is 0 Å². The number of ether oxygens (including phenoxy) is 1. The van der Waals surface area contributed by atoms with Crippen molar-refractivity contribution >= 4 is 45.6 Å². The first-order valence-corrected chi connectivity index (χ1v) is 7.94. The Morgan fingerprint density at radius 3 is 2.75 bits per heavy atom. The first-order valence-electron chi connectivity index (χ1n) is 6.33. The quantitative estimate of drug-likeness (QED) is 0.872. The van der Waals surface area contributed by atoms with Crippen LogP contribution in [0.15, 0.2) is 4.47 Å². The summed E-state index contributed by atoms with van der Waals surface area (Å²) in [6, 6.07) is 0.243. The first-order chi connectivity index (χ1) is 8.99. The van der Waals surface area contributed by atoms with E-state index >= 15 is 0 Å². The van der Waals surface area contributed by atoms with Crippen molar-refractivity contribution in [3.05, 3.63) is 14.2 Å². The van der Waals surface area contributed by atoms with Crippen LogP contribution in [-0.2, 0) is 0 Å². The molecule has 114 valence electrons. The van der Waals surface area contributed by atoms with E-state index in [0.29, 0.717) is 23.1 Å². The Morgan fingerprint density at radius 2 is 2.25 bits per heavy atom. The smallest absolute Gasteiger partial charge is 0.268 e. The highest BCUT2D eigenvalue weighted by molar-refractivity contribution is 9.10. The van der Waals surface area contributed by atoms with Crippen molar-refractivity contribution in [2.75, 3.05) is 20.2 Å². The summed E-state index contributed by atoms with van der Waals surface area (Å²) in [6.07, 6.45) is 0.982. The molecule has 2 rings (SSSR count). The normalized spacial score (nSPS) is 21.8. The molecular weight excluding hydrogens is 364 g/mol. The second kappa shape index (κ2) is 7.11. The summed E-state index contributed by atoms with van der Waals surface area (Å²) in [5, 5.41) is 0. The number of carbonyl (C=O) groups is 1. The van der Waals surface area contributed by atoms with E-state index in [2.05, 4.69) is 22.9 Å². The number of aryl methyl sites for hydroxylation is 1. The lowest BCUT2D eigenvalue weighted by atomic mass is 10.1. The molecule has 1 aliphatic heterocycles. The maximum absolute atomic E-state index is 12.7. The summed E-state index contributed by atoms with van der Waals surface area (Å²) >= 11 is 4.95. The average Bonchev–Trinajstić information content (AvgIpc) is 2.90. The highest BCUT2D eigenvalue weighted by Crippen LogP contribution is 2.40. The van der Waals surface area contributed by atoms with Gasteiger partial charge in [-0.1, -0.05) is 0 Å². The number of halogens is 2. The van der Waals surface area contributed by atoms with Gasteiger partial charge in [0.2, 0.25) is 0 Å². The van der Waals surface area contributed by atoms with Gasteiger partial charge < -0.3 is 15.4 Å². The molecule has 1 amide bonds. The van der Waals surface area contributed by atoms with Crippen molar-refractivity contribution in [2.24, 2.45) is 11.7 Å². The van der Waals surface area contributed by atoms with Crippen LogP contribution in [0.3, 0.4) is 0 Å². The highest BCUT2D eigenvalue weighted by atomic mass is 79.9. The number of likely N-dealkylation sites (tertiary alicyclic amines) is 1. The molecule has 2 N–H and O–H groups in total. The Kier molecular flexibility index (Phi) is 6.31. The van der Waals surface area contributed by atoms with Gasteiger partial charge in [0.15, 0.2) is 5.75 Å². The van der Waals surface area contributed by atoms with Crippen molar-refractivity contribution in [3.8, 4) is 5.75 Å². The molecule has 0 saturated carbocycles. The monoisotopic (exact) mass is 382 g/mol. The summed E-state index contributed by atoms with van der Waals surface area (Å²) in [5.74, 6) is 1.12. The summed E-state index contributed by atoms with van der Waals surface area (Å²) < 4.78 is 6.24. The maximum atomic E-state index is 12.7. The van der Waals surface area contributed by atoms with E-state index < -0.39 is 0 Å². The molecule has 1 aromatic heterocycles. The molecule has 4 nitrogen and oxygen atoms in total. The minimum Gasteiger partial charge on any atom is -0.494 e. The molecule has 2 unspecified atom stereocenters. The SMILES string of the molecule is COc1c(C(=O)N2CC(CN)CC2C)sc(C)c1Br.Cl. The number of carbonyl (C=O) groups excluding carboxylic acids is 1. The van der Waals surface area contributed by atoms with Crippen molar-refractivity contribution in [1.29, 1.82) is 0 Å². The predicted molar refractivity (Wildman–Crippen MR) is 88.2 cm³/mol. The Hall–Kier alpha value is -0.300. The van der Waals surface area contributed by atoms with Gasteiger partial charge in [0.1, 0.15) is 4.88 Å². The van der Waals surface area contributed by atoms with Crippen LogP contribution in [0, 0.1) is 12.8 Å². The second-order valence-corrected chi connectivity index (χ2v) is 7.00. The molecule has 0 radical (unpaired) electrons. The number of thiophene rings is 1. The molecule has 1 aromatic rings. The number of hydrogen-bond donors (Lipinski definition) is 1. The molecule has 0 spiro atoms. The van der Waals surface area contributed by atoms with Crippen LogP contribution in [0.5, 0.6) is 5.75 Å². The third kappa shape index (κ3) is 3.13.